The van der Waals surface area contributed by atoms with Crippen molar-refractivity contribution in [3.8, 4) is 0 Å². The fourth-order valence-electron chi connectivity index (χ4n) is 3.86. The Kier molecular flexibility index (Phi) is 4.88. The van der Waals surface area contributed by atoms with Crippen LogP contribution in [0.15, 0.2) is 36.7 Å². The molecule has 0 spiro atoms. The van der Waals surface area contributed by atoms with Crippen molar-refractivity contribution >= 4 is 5.91 Å². The molecule has 1 aliphatic rings. The van der Waals surface area contributed by atoms with Gasteiger partial charge in [-0.05, 0) is 17.9 Å². The van der Waals surface area contributed by atoms with Gasteiger partial charge in [0.05, 0.1) is 18.2 Å². The minimum Gasteiger partial charge on any atom is -0.383 e. The summed E-state index contributed by atoms with van der Waals surface area (Å²) >= 11 is 0. The molecule has 1 aromatic carbocycles. The van der Waals surface area contributed by atoms with Gasteiger partial charge in [-0.3, -0.25) is 9.48 Å². The first-order valence-electron chi connectivity index (χ1n) is 8.83. The maximum Gasteiger partial charge on any atom is 0.234 e. The van der Waals surface area contributed by atoms with Gasteiger partial charge in [-0.15, -0.1) is 0 Å². The van der Waals surface area contributed by atoms with Gasteiger partial charge in [-0.1, -0.05) is 32.0 Å². The summed E-state index contributed by atoms with van der Waals surface area (Å²) in [5.41, 5.74) is 0.323. The molecule has 1 heterocycles. The zero-order valence-electron chi connectivity index (χ0n) is 15.8. The van der Waals surface area contributed by atoms with E-state index < -0.39 is 5.41 Å². The second kappa shape index (κ2) is 6.83. The van der Waals surface area contributed by atoms with Crippen molar-refractivity contribution in [2.24, 2.45) is 12.5 Å². The van der Waals surface area contributed by atoms with E-state index in [1.165, 1.54) is 6.07 Å². The smallest absolute Gasteiger partial charge is 0.234 e. The number of benzene rings is 1. The predicted octanol–water partition coefficient (Wildman–Crippen LogP) is 2.90. The summed E-state index contributed by atoms with van der Waals surface area (Å²) in [6.07, 6.45) is 4.28. The molecule has 0 radical (unpaired) electrons. The first-order valence-corrected chi connectivity index (χ1v) is 8.83. The van der Waals surface area contributed by atoms with E-state index in [2.05, 4.69) is 5.10 Å². The lowest BCUT2D eigenvalue weighted by Gasteiger charge is -2.30. The van der Waals surface area contributed by atoms with Crippen molar-refractivity contribution in [3.63, 3.8) is 0 Å². The number of halogens is 1. The van der Waals surface area contributed by atoms with Crippen molar-refractivity contribution < 1.29 is 13.9 Å². The van der Waals surface area contributed by atoms with Gasteiger partial charge >= 0.3 is 0 Å². The second-order valence-corrected chi connectivity index (χ2v) is 7.69. The monoisotopic (exact) mass is 359 g/mol. The number of rotatable bonds is 7. The molecular formula is C20H26FN3O2. The van der Waals surface area contributed by atoms with Crippen molar-refractivity contribution in [2.75, 3.05) is 20.3 Å². The molecule has 0 aliphatic heterocycles. The van der Waals surface area contributed by atoms with Crippen LogP contribution >= 0.6 is 0 Å². The third kappa shape index (κ3) is 3.14. The fraction of sp³-hybridized carbons (Fsp3) is 0.500. The normalized spacial score (nSPS) is 20.8. The average molecular weight is 359 g/mol. The van der Waals surface area contributed by atoms with Gasteiger partial charge in [-0.2, -0.15) is 5.10 Å². The summed E-state index contributed by atoms with van der Waals surface area (Å²) < 4.78 is 21.5. The third-order valence-electron chi connectivity index (χ3n) is 5.42. The van der Waals surface area contributed by atoms with Gasteiger partial charge in [0, 0.05) is 44.6 Å². The Morgan fingerprint density at radius 2 is 2.08 bits per heavy atom. The first kappa shape index (κ1) is 18.6. The van der Waals surface area contributed by atoms with Crippen LogP contribution < -0.4 is 0 Å². The summed E-state index contributed by atoms with van der Waals surface area (Å²) in [5.74, 6) is -0.368. The SMILES string of the molecule is COCCN(Cc1cnn(C)c1)C(=O)[C@]1(c2ccccc2F)CC1(C)C. The number of hydrogen-bond donors (Lipinski definition) is 0. The number of methoxy groups -OCH3 is 1. The number of carbonyl (C=O) groups is 1. The molecule has 0 saturated heterocycles. The number of aryl methyl sites for hydroxylation is 1. The topological polar surface area (TPSA) is 47.4 Å². The lowest BCUT2D eigenvalue weighted by atomic mass is 9.86. The molecule has 1 atom stereocenters. The number of amides is 1. The summed E-state index contributed by atoms with van der Waals surface area (Å²) in [6.45, 7) is 5.37. The van der Waals surface area contributed by atoms with E-state index >= 15 is 0 Å². The summed E-state index contributed by atoms with van der Waals surface area (Å²) in [5, 5.41) is 4.18. The van der Waals surface area contributed by atoms with E-state index in [4.69, 9.17) is 4.74 Å². The van der Waals surface area contributed by atoms with Crippen LogP contribution in [-0.4, -0.2) is 40.8 Å². The molecule has 140 valence electrons. The van der Waals surface area contributed by atoms with Crippen LogP contribution in [0.1, 0.15) is 31.4 Å². The van der Waals surface area contributed by atoms with Crippen LogP contribution in [0, 0.1) is 11.2 Å². The Bertz CT molecular complexity index is 802. The Labute approximate surface area is 153 Å². The van der Waals surface area contributed by atoms with Crippen LogP contribution in [0.25, 0.3) is 0 Å². The molecule has 0 unspecified atom stereocenters. The highest BCUT2D eigenvalue weighted by molar-refractivity contribution is 5.93. The van der Waals surface area contributed by atoms with Crippen LogP contribution in [-0.2, 0) is 28.5 Å². The maximum atomic E-state index is 14.6. The molecule has 0 N–H and O–H groups in total. The molecule has 1 saturated carbocycles. The number of nitrogens with zero attached hydrogens (tertiary/aromatic N) is 3. The molecule has 5 nitrogen and oxygen atoms in total. The number of aromatic nitrogens is 2. The summed E-state index contributed by atoms with van der Waals surface area (Å²) in [6, 6.07) is 6.62. The Balaban J connectivity index is 1.94. The van der Waals surface area contributed by atoms with Crippen LogP contribution in [0.4, 0.5) is 4.39 Å². The molecule has 3 rings (SSSR count). The van der Waals surface area contributed by atoms with E-state index in [-0.39, 0.29) is 17.1 Å². The highest BCUT2D eigenvalue weighted by Gasteiger charge is 2.68. The molecule has 6 heteroatoms. The number of carbonyl (C=O) groups excluding carboxylic acids is 1. The molecule has 1 aliphatic carbocycles. The van der Waals surface area contributed by atoms with Gasteiger partial charge < -0.3 is 9.64 Å². The standard InChI is InChI=1S/C20H26FN3O2/c1-19(2)14-20(19,16-7-5-6-8-17(16)21)18(25)24(9-10-26-4)13-15-11-22-23(3)12-15/h5-8,11-12H,9-10,13-14H2,1-4H3/t20-/m1/s1. The molecule has 0 bridgehead atoms. The predicted molar refractivity (Wildman–Crippen MR) is 97.0 cm³/mol. The largest absolute Gasteiger partial charge is 0.383 e. The Morgan fingerprint density at radius 1 is 1.38 bits per heavy atom. The van der Waals surface area contributed by atoms with Crippen LogP contribution in [0.2, 0.25) is 0 Å². The average Bonchev–Trinajstić information content (AvgIpc) is 2.95. The minimum absolute atomic E-state index is 0.0477. The van der Waals surface area contributed by atoms with Crippen molar-refractivity contribution in [1.82, 2.24) is 14.7 Å². The maximum absolute atomic E-state index is 14.6. The highest BCUT2D eigenvalue weighted by atomic mass is 19.1. The first-order chi connectivity index (χ1) is 12.3. The van der Waals surface area contributed by atoms with Crippen LogP contribution in [0.3, 0.4) is 0 Å². The zero-order chi connectivity index (χ0) is 18.9. The molecule has 26 heavy (non-hydrogen) atoms. The lowest BCUT2D eigenvalue weighted by molar-refractivity contribution is -0.136. The molecule has 1 amide bonds. The van der Waals surface area contributed by atoms with Gasteiger partial charge in [0.1, 0.15) is 5.82 Å². The van der Waals surface area contributed by atoms with Gasteiger partial charge in [0.15, 0.2) is 0 Å². The van der Waals surface area contributed by atoms with Gasteiger partial charge in [-0.25, -0.2) is 4.39 Å². The van der Waals surface area contributed by atoms with E-state index in [0.29, 0.717) is 31.7 Å². The quantitative estimate of drug-likeness (QED) is 0.764. The van der Waals surface area contributed by atoms with Crippen molar-refractivity contribution in [2.45, 2.75) is 32.2 Å². The Hall–Kier alpha value is -2.21. The minimum atomic E-state index is -0.825. The van der Waals surface area contributed by atoms with E-state index in [0.717, 1.165) is 5.56 Å². The molecular weight excluding hydrogens is 333 g/mol. The van der Waals surface area contributed by atoms with Crippen molar-refractivity contribution in [1.29, 1.82) is 0 Å². The van der Waals surface area contributed by atoms with E-state index in [1.807, 2.05) is 27.1 Å². The number of hydrogen-bond acceptors (Lipinski definition) is 3. The van der Waals surface area contributed by atoms with E-state index in [9.17, 15) is 9.18 Å². The summed E-state index contributed by atoms with van der Waals surface area (Å²) in [4.78, 5) is 15.4. The Morgan fingerprint density at radius 3 is 2.62 bits per heavy atom. The highest BCUT2D eigenvalue weighted by Crippen LogP contribution is 2.65. The van der Waals surface area contributed by atoms with Crippen molar-refractivity contribution in [3.05, 3.63) is 53.6 Å². The molecule has 1 fully saturated rings. The number of ether oxygens (including phenoxy) is 1. The lowest BCUT2D eigenvalue weighted by Crippen LogP contribution is -2.43. The molecule has 2 aromatic rings. The van der Waals surface area contributed by atoms with Gasteiger partial charge in [0.2, 0.25) is 5.91 Å². The third-order valence-corrected chi connectivity index (χ3v) is 5.42. The van der Waals surface area contributed by atoms with E-state index in [1.54, 1.807) is 41.1 Å². The summed E-state index contributed by atoms with van der Waals surface area (Å²) in [7, 11) is 3.45. The fourth-order valence-corrected chi connectivity index (χ4v) is 3.86. The van der Waals surface area contributed by atoms with Gasteiger partial charge in [0.25, 0.3) is 0 Å². The van der Waals surface area contributed by atoms with Crippen LogP contribution in [0.5, 0.6) is 0 Å². The zero-order valence-corrected chi connectivity index (χ0v) is 15.8. The second-order valence-electron chi connectivity index (χ2n) is 7.69. The molecule has 1 aromatic heterocycles.